The van der Waals surface area contributed by atoms with Crippen LogP contribution in [0.1, 0.15) is 22.1 Å². The quantitative estimate of drug-likeness (QED) is 0.328. The van der Waals surface area contributed by atoms with E-state index in [9.17, 15) is 0 Å². The zero-order valence-electron chi connectivity index (χ0n) is 20.1. The summed E-state index contributed by atoms with van der Waals surface area (Å²) in [5.41, 5.74) is 7.33. The van der Waals surface area contributed by atoms with E-state index in [0.29, 0.717) is 0 Å². The number of fused-ring (bicyclic) bond motifs is 4. The first-order chi connectivity index (χ1) is 17.8. The van der Waals surface area contributed by atoms with E-state index in [2.05, 4.69) is 138 Å². The van der Waals surface area contributed by atoms with Crippen LogP contribution in [0.25, 0.3) is 22.2 Å². The second-order valence-electron chi connectivity index (χ2n) is 9.57. The molecule has 2 N–H and O–H groups in total. The smallest absolute Gasteiger partial charge is 0.105 e. The number of thioether (sulfide) groups is 1. The summed E-state index contributed by atoms with van der Waals surface area (Å²) < 4.78 is 0. The van der Waals surface area contributed by atoms with Crippen LogP contribution in [0.2, 0.25) is 0 Å². The monoisotopic (exact) mass is 485 g/mol. The molecule has 4 aromatic carbocycles. The van der Waals surface area contributed by atoms with Gasteiger partial charge in [0.2, 0.25) is 0 Å². The molecule has 0 amide bonds. The Morgan fingerprint density at radius 3 is 2.06 bits per heavy atom. The number of nitrogens with one attached hydrogen (secondary N) is 2. The molecule has 2 heterocycles. The van der Waals surface area contributed by atoms with Crippen molar-refractivity contribution in [3.8, 4) is 0 Å². The molecule has 176 valence electrons. The molecule has 1 aliphatic carbocycles. The first-order valence-corrected chi connectivity index (χ1v) is 13.3. The molecular weight excluding hydrogens is 458 g/mol. The molecule has 0 aromatic heterocycles. The molecule has 3 atom stereocenters. The topological polar surface area (TPSA) is 27.3 Å². The van der Waals surface area contributed by atoms with Crippen LogP contribution in [0.15, 0.2) is 120 Å². The standard InChI is InChI=1S/C32H27N3S/c1-35-28-19-18-21-16-17-24(20-25(21)31(28)36-32(35)23-12-6-3-7-13-23)30-29(22-10-4-2-5-11-22)33-26-14-8-9-15-27(26)34-30/h2-20,26-27,32-34H,1H3. The third-order valence-electron chi connectivity index (χ3n) is 7.36. The average molecular weight is 486 g/mol. The van der Waals surface area contributed by atoms with Gasteiger partial charge >= 0.3 is 0 Å². The Kier molecular flexibility index (Phi) is 5.14. The van der Waals surface area contributed by atoms with Crippen LogP contribution < -0.4 is 15.5 Å². The van der Waals surface area contributed by atoms with Gasteiger partial charge in [-0.1, -0.05) is 115 Å². The van der Waals surface area contributed by atoms with E-state index < -0.39 is 0 Å². The van der Waals surface area contributed by atoms with Crippen LogP contribution in [0.5, 0.6) is 0 Å². The highest BCUT2D eigenvalue weighted by molar-refractivity contribution is 8.00. The molecule has 0 saturated heterocycles. The Hall–Kier alpha value is -3.89. The summed E-state index contributed by atoms with van der Waals surface area (Å²) in [6, 6.07) is 33.3. The van der Waals surface area contributed by atoms with Gasteiger partial charge in [0.15, 0.2) is 0 Å². The Morgan fingerprint density at radius 2 is 1.33 bits per heavy atom. The number of benzene rings is 4. The summed E-state index contributed by atoms with van der Waals surface area (Å²) in [7, 11) is 2.21. The van der Waals surface area contributed by atoms with Crippen molar-refractivity contribution in [1.82, 2.24) is 10.6 Å². The van der Waals surface area contributed by atoms with E-state index in [1.807, 2.05) is 11.8 Å². The molecule has 0 spiro atoms. The van der Waals surface area contributed by atoms with Gasteiger partial charge in [0, 0.05) is 17.5 Å². The van der Waals surface area contributed by atoms with Gasteiger partial charge in [0.25, 0.3) is 0 Å². The summed E-state index contributed by atoms with van der Waals surface area (Å²) in [6.45, 7) is 0. The predicted molar refractivity (Wildman–Crippen MR) is 153 cm³/mol. The van der Waals surface area contributed by atoms with Crippen molar-refractivity contribution >= 4 is 39.6 Å². The number of allylic oxidation sites excluding steroid dienone is 2. The van der Waals surface area contributed by atoms with Gasteiger partial charge in [0.1, 0.15) is 5.37 Å². The van der Waals surface area contributed by atoms with Crippen molar-refractivity contribution in [3.63, 3.8) is 0 Å². The fourth-order valence-corrected chi connectivity index (χ4v) is 6.91. The zero-order chi connectivity index (χ0) is 24.1. The molecule has 0 radical (unpaired) electrons. The minimum absolute atomic E-state index is 0.220. The number of anilines is 1. The van der Waals surface area contributed by atoms with Crippen LogP contribution in [-0.2, 0) is 0 Å². The second-order valence-corrected chi connectivity index (χ2v) is 10.7. The van der Waals surface area contributed by atoms with Crippen molar-refractivity contribution in [2.75, 3.05) is 11.9 Å². The maximum Gasteiger partial charge on any atom is 0.105 e. The number of nitrogens with zero attached hydrogens (tertiary/aromatic N) is 1. The molecule has 0 bridgehead atoms. The highest BCUT2D eigenvalue weighted by Crippen LogP contribution is 2.53. The minimum atomic E-state index is 0.220. The van der Waals surface area contributed by atoms with Crippen molar-refractivity contribution in [2.24, 2.45) is 0 Å². The third-order valence-corrected chi connectivity index (χ3v) is 8.83. The van der Waals surface area contributed by atoms with E-state index in [-0.39, 0.29) is 17.5 Å². The first-order valence-electron chi connectivity index (χ1n) is 12.5. The Labute approximate surface area is 216 Å². The molecule has 2 aliphatic heterocycles. The summed E-state index contributed by atoms with van der Waals surface area (Å²) >= 11 is 1.95. The van der Waals surface area contributed by atoms with Gasteiger partial charge in [0.05, 0.1) is 29.2 Å². The largest absolute Gasteiger partial charge is 0.374 e. The van der Waals surface area contributed by atoms with E-state index in [0.717, 1.165) is 11.4 Å². The Balaban J connectivity index is 1.36. The van der Waals surface area contributed by atoms with Crippen LogP contribution in [-0.4, -0.2) is 19.1 Å². The molecule has 0 saturated carbocycles. The van der Waals surface area contributed by atoms with Crippen molar-refractivity contribution in [2.45, 2.75) is 22.4 Å². The molecule has 3 aliphatic rings. The van der Waals surface area contributed by atoms with Gasteiger partial charge < -0.3 is 15.5 Å². The Bertz CT molecular complexity index is 1540. The van der Waals surface area contributed by atoms with Crippen molar-refractivity contribution in [3.05, 3.63) is 132 Å². The van der Waals surface area contributed by atoms with Gasteiger partial charge in [-0.3, -0.25) is 0 Å². The van der Waals surface area contributed by atoms with E-state index in [4.69, 9.17) is 0 Å². The summed E-state index contributed by atoms with van der Waals surface area (Å²) in [5, 5.41) is 10.5. The predicted octanol–water partition coefficient (Wildman–Crippen LogP) is 6.96. The number of hydrogen-bond donors (Lipinski definition) is 2. The fourth-order valence-electron chi connectivity index (χ4n) is 5.48. The molecular formula is C32H27N3S. The second kappa shape index (κ2) is 8.65. The summed E-state index contributed by atoms with van der Waals surface area (Å²) in [6.07, 6.45) is 8.73. The zero-order valence-corrected chi connectivity index (χ0v) is 20.9. The lowest BCUT2D eigenvalue weighted by molar-refractivity contribution is 0.555. The lowest BCUT2D eigenvalue weighted by Crippen LogP contribution is -2.50. The summed E-state index contributed by atoms with van der Waals surface area (Å²) in [4.78, 5) is 3.76. The number of hydrogen-bond acceptors (Lipinski definition) is 4. The third kappa shape index (κ3) is 3.52. The van der Waals surface area contributed by atoms with Crippen LogP contribution >= 0.6 is 11.8 Å². The van der Waals surface area contributed by atoms with E-state index >= 15 is 0 Å². The number of rotatable bonds is 3. The first kappa shape index (κ1) is 21.4. The maximum atomic E-state index is 3.86. The van der Waals surface area contributed by atoms with Crippen molar-refractivity contribution < 1.29 is 0 Å². The molecule has 4 heteroatoms. The van der Waals surface area contributed by atoms with Gasteiger partial charge in [-0.25, -0.2) is 0 Å². The molecule has 4 aromatic rings. The van der Waals surface area contributed by atoms with Crippen LogP contribution in [0.3, 0.4) is 0 Å². The highest BCUT2D eigenvalue weighted by atomic mass is 32.2. The molecule has 36 heavy (non-hydrogen) atoms. The van der Waals surface area contributed by atoms with Crippen LogP contribution in [0, 0.1) is 0 Å². The lowest BCUT2D eigenvalue weighted by Gasteiger charge is -2.36. The Morgan fingerprint density at radius 1 is 0.694 bits per heavy atom. The molecule has 7 rings (SSSR count). The summed E-state index contributed by atoms with van der Waals surface area (Å²) in [5.74, 6) is 0. The molecule has 3 nitrogen and oxygen atoms in total. The van der Waals surface area contributed by atoms with E-state index in [1.54, 1.807) is 0 Å². The van der Waals surface area contributed by atoms with Gasteiger partial charge in [-0.2, -0.15) is 0 Å². The SMILES string of the molecule is CN1c2ccc3ccc(C4=C(c5ccccc5)NC5C=CC=CC5N4)cc3c2SC1c1ccccc1. The normalized spacial score (nSPS) is 22.2. The highest BCUT2D eigenvalue weighted by Gasteiger charge is 2.31. The van der Waals surface area contributed by atoms with Gasteiger partial charge in [-0.05, 0) is 34.0 Å². The molecule has 3 unspecified atom stereocenters. The van der Waals surface area contributed by atoms with Gasteiger partial charge in [-0.15, -0.1) is 0 Å². The average Bonchev–Trinajstić information content (AvgIpc) is 3.29. The van der Waals surface area contributed by atoms with Crippen molar-refractivity contribution in [1.29, 1.82) is 0 Å². The lowest BCUT2D eigenvalue weighted by atomic mass is 9.93. The fraction of sp³-hybridized carbons (Fsp3) is 0.125. The minimum Gasteiger partial charge on any atom is -0.374 e. The maximum absolute atomic E-state index is 3.86. The van der Waals surface area contributed by atoms with E-state index in [1.165, 1.54) is 38.0 Å². The molecule has 0 fully saturated rings. The van der Waals surface area contributed by atoms with Crippen LogP contribution in [0.4, 0.5) is 5.69 Å².